The molecule has 7 heteroatoms. The van der Waals surface area contributed by atoms with Crippen molar-refractivity contribution in [1.29, 1.82) is 0 Å². The second-order valence-electron chi connectivity index (χ2n) is 8.95. The molecule has 1 aromatic heterocycles. The minimum absolute atomic E-state index is 0.0316. The van der Waals surface area contributed by atoms with Crippen molar-refractivity contribution in [3.63, 3.8) is 0 Å². The Balaban J connectivity index is 2.69. The van der Waals surface area contributed by atoms with Crippen molar-refractivity contribution < 1.29 is 14.3 Å². The summed E-state index contributed by atoms with van der Waals surface area (Å²) in [6, 6.07) is 8.29. The third-order valence-electron chi connectivity index (χ3n) is 5.17. The first-order chi connectivity index (χ1) is 15.5. The van der Waals surface area contributed by atoms with E-state index in [2.05, 4.69) is 43.0 Å². The highest BCUT2D eigenvalue weighted by Gasteiger charge is 2.25. The minimum atomic E-state index is -0.815. The van der Waals surface area contributed by atoms with Crippen molar-refractivity contribution in [2.75, 3.05) is 7.05 Å². The molecule has 2 aromatic rings. The molecule has 1 aromatic carbocycles. The van der Waals surface area contributed by atoms with Gasteiger partial charge in [0.1, 0.15) is 5.69 Å². The zero-order chi connectivity index (χ0) is 24.8. The first kappa shape index (κ1) is 26.7. The Morgan fingerprint density at radius 3 is 2.36 bits per heavy atom. The Labute approximate surface area is 202 Å². The van der Waals surface area contributed by atoms with E-state index in [0.29, 0.717) is 41.6 Å². The van der Waals surface area contributed by atoms with Gasteiger partial charge in [0, 0.05) is 38.7 Å². The molecule has 180 valence electrons. The summed E-state index contributed by atoms with van der Waals surface area (Å²) in [4.78, 5) is 16.4. The number of rotatable bonds is 9. The van der Waals surface area contributed by atoms with Crippen LogP contribution >= 0.6 is 11.6 Å². The Morgan fingerprint density at radius 1 is 1.21 bits per heavy atom. The molecule has 0 aliphatic rings. The number of hydrogen-bond acceptors (Lipinski definition) is 5. The number of halogens is 1. The summed E-state index contributed by atoms with van der Waals surface area (Å²) in [5.74, 6) is 0.157. The van der Waals surface area contributed by atoms with Gasteiger partial charge >= 0.3 is 5.97 Å². The number of hydrogen-bond donors (Lipinski definition) is 0. The van der Waals surface area contributed by atoms with Crippen LogP contribution in [0.3, 0.4) is 0 Å². The van der Waals surface area contributed by atoms with Gasteiger partial charge in [0.15, 0.2) is 5.76 Å². The number of allylic oxidation sites excluding steroid dienone is 1. The molecule has 0 amide bonds. The average Bonchev–Trinajstić information content (AvgIpc) is 3.04. The molecule has 6 nitrogen and oxygen atoms in total. The van der Waals surface area contributed by atoms with Crippen LogP contribution in [-0.4, -0.2) is 35.3 Å². The summed E-state index contributed by atoms with van der Waals surface area (Å²) in [5, 5.41) is 5.04. The normalized spacial score (nSPS) is 13.7. The van der Waals surface area contributed by atoms with Crippen molar-refractivity contribution in [1.82, 2.24) is 9.78 Å². The molecule has 0 aliphatic carbocycles. The number of aromatic nitrogens is 2. The molecular formula is C26H36ClN3O3. The lowest BCUT2D eigenvalue weighted by Gasteiger charge is -2.22. The number of carbonyl (C=O) groups excluding carboxylic acids is 1. The predicted octanol–water partition coefficient (Wildman–Crippen LogP) is 6.44. The van der Waals surface area contributed by atoms with Gasteiger partial charge in [-0.25, -0.2) is 0 Å². The van der Waals surface area contributed by atoms with E-state index in [1.165, 1.54) is 5.56 Å². The molecule has 33 heavy (non-hydrogen) atoms. The molecule has 0 fully saturated rings. The van der Waals surface area contributed by atoms with Gasteiger partial charge in [0.2, 0.25) is 6.29 Å². The van der Waals surface area contributed by atoms with Crippen LogP contribution in [-0.2, 0) is 26.2 Å². The molecule has 0 N–H and O–H groups in total. The van der Waals surface area contributed by atoms with Crippen molar-refractivity contribution >= 4 is 35.1 Å². The van der Waals surface area contributed by atoms with Crippen LogP contribution in [0.25, 0.3) is 11.3 Å². The van der Waals surface area contributed by atoms with Crippen molar-refractivity contribution in [2.24, 2.45) is 4.99 Å². The fraction of sp³-hybridized carbons (Fsp3) is 0.500. The summed E-state index contributed by atoms with van der Waals surface area (Å²) < 4.78 is 13.5. The minimum Gasteiger partial charge on any atom is -0.452 e. The van der Waals surface area contributed by atoms with Crippen LogP contribution in [0.2, 0.25) is 5.02 Å². The highest BCUT2D eigenvalue weighted by atomic mass is 35.5. The van der Waals surface area contributed by atoms with Gasteiger partial charge in [0.05, 0.1) is 10.7 Å². The van der Waals surface area contributed by atoms with Crippen LogP contribution in [0.15, 0.2) is 29.3 Å². The molecule has 1 atom stereocenters. The molecule has 0 aliphatic heterocycles. The van der Waals surface area contributed by atoms with Gasteiger partial charge in [-0.3, -0.25) is 14.5 Å². The SMILES string of the molecule is CCCC(=O)OC(C)O/C(=C(/C=N\C)c1ccc(C(C)(C)C)cc1)c1c(Cl)c(C)nn1CC. The molecule has 1 unspecified atom stereocenters. The Kier molecular flexibility index (Phi) is 9.29. The number of aliphatic imine (C=N–C) groups is 1. The number of nitrogens with zero attached hydrogens (tertiary/aromatic N) is 3. The van der Waals surface area contributed by atoms with Gasteiger partial charge < -0.3 is 9.47 Å². The lowest BCUT2D eigenvalue weighted by Crippen LogP contribution is -2.19. The zero-order valence-corrected chi connectivity index (χ0v) is 21.8. The van der Waals surface area contributed by atoms with Gasteiger partial charge in [0.25, 0.3) is 0 Å². The van der Waals surface area contributed by atoms with Crippen molar-refractivity contribution in [3.05, 3.63) is 51.8 Å². The van der Waals surface area contributed by atoms with Gasteiger partial charge in [-0.2, -0.15) is 5.10 Å². The molecule has 0 saturated carbocycles. The van der Waals surface area contributed by atoms with E-state index < -0.39 is 6.29 Å². The summed E-state index contributed by atoms with van der Waals surface area (Å²) in [7, 11) is 1.70. The number of benzene rings is 1. The number of carbonyl (C=O) groups is 1. The molecule has 1 heterocycles. The monoisotopic (exact) mass is 473 g/mol. The number of aryl methyl sites for hydroxylation is 2. The van der Waals surface area contributed by atoms with Crippen LogP contribution < -0.4 is 0 Å². The number of ether oxygens (including phenoxy) is 2. The smallest absolute Gasteiger partial charge is 0.308 e. The van der Waals surface area contributed by atoms with E-state index in [9.17, 15) is 4.79 Å². The van der Waals surface area contributed by atoms with E-state index in [4.69, 9.17) is 21.1 Å². The molecule has 0 saturated heterocycles. The standard InChI is InChI=1S/C26H36ClN3O3/c1-9-11-22(31)32-18(4)33-25(24-23(27)17(3)29-30(24)10-2)21(16-28-8)19-12-14-20(15-13-19)26(5,6)7/h12-16,18H,9-11H2,1-8H3/b25-21-,28-16-. The summed E-state index contributed by atoms with van der Waals surface area (Å²) in [5.41, 5.74) is 4.21. The lowest BCUT2D eigenvalue weighted by atomic mass is 9.86. The third kappa shape index (κ3) is 6.70. The molecule has 2 rings (SSSR count). The van der Waals surface area contributed by atoms with Crippen molar-refractivity contribution in [2.45, 2.75) is 79.6 Å². The van der Waals surface area contributed by atoms with Gasteiger partial charge in [-0.15, -0.1) is 0 Å². The van der Waals surface area contributed by atoms with E-state index >= 15 is 0 Å². The third-order valence-corrected chi connectivity index (χ3v) is 5.62. The van der Waals surface area contributed by atoms with E-state index in [-0.39, 0.29) is 11.4 Å². The maximum atomic E-state index is 12.1. The van der Waals surface area contributed by atoms with Crippen LogP contribution in [0.5, 0.6) is 0 Å². The number of esters is 1. The second-order valence-corrected chi connectivity index (χ2v) is 9.32. The largest absolute Gasteiger partial charge is 0.452 e. The summed E-state index contributed by atoms with van der Waals surface area (Å²) in [6.45, 7) is 14.6. The topological polar surface area (TPSA) is 65.7 Å². The maximum Gasteiger partial charge on any atom is 0.308 e. The molecule has 0 radical (unpaired) electrons. The molecule has 0 spiro atoms. The van der Waals surface area contributed by atoms with E-state index in [0.717, 1.165) is 11.1 Å². The van der Waals surface area contributed by atoms with E-state index in [1.807, 2.05) is 32.9 Å². The Morgan fingerprint density at radius 2 is 1.85 bits per heavy atom. The first-order valence-electron chi connectivity index (χ1n) is 11.4. The van der Waals surface area contributed by atoms with Gasteiger partial charge in [-0.05, 0) is 36.8 Å². The van der Waals surface area contributed by atoms with Crippen molar-refractivity contribution in [3.8, 4) is 0 Å². The predicted molar refractivity (Wildman–Crippen MR) is 136 cm³/mol. The van der Waals surface area contributed by atoms with Crippen LogP contribution in [0, 0.1) is 6.92 Å². The highest BCUT2D eigenvalue weighted by molar-refractivity contribution is 6.33. The fourth-order valence-corrected chi connectivity index (χ4v) is 3.65. The maximum absolute atomic E-state index is 12.1. The molecule has 0 bridgehead atoms. The van der Waals surface area contributed by atoms with Crippen LogP contribution in [0.4, 0.5) is 0 Å². The van der Waals surface area contributed by atoms with Gasteiger partial charge in [-0.1, -0.05) is 63.6 Å². The van der Waals surface area contributed by atoms with E-state index in [1.54, 1.807) is 24.9 Å². The highest BCUT2D eigenvalue weighted by Crippen LogP contribution is 2.35. The lowest BCUT2D eigenvalue weighted by molar-refractivity contribution is -0.164. The Bertz CT molecular complexity index is 1010. The van der Waals surface area contributed by atoms with Crippen LogP contribution in [0.1, 0.15) is 76.9 Å². The first-order valence-corrected chi connectivity index (χ1v) is 11.8. The summed E-state index contributed by atoms with van der Waals surface area (Å²) >= 11 is 6.69. The fourth-order valence-electron chi connectivity index (χ4n) is 3.43. The zero-order valence-electron chi connectivity index (χ0n) is 21.0. The quantitative estimate of drug-likeness (QED) is 0.182. The average molecular weight is 474 g/mol. The summed E-state index contributed by atoms with van der Waals surface area (Å²) in [6.07, 6.45) is 1.96. The molecular weight excluding hydrogens is 438 g/mol. The Hall–Kier alpha value is -2.60. The second kappa shape index (κ2) is 11.5.